The third-order valence-corrected chi connectivity index (χ3v) is 1.97. The summed E-state index contributed by atoms with van der Waals surface area (Å²) < 4.78 is 4.39. The van der Waals surface area contributed by atoms with Gasteiger partial charge in [-0.15, -0.1) is 0 Å². The zero-order valence-electron chi connectivity index (χ0n) is 8.17. The summed E-state index contributed by atoms with van der Waals surface area (Å²) in [6.07, 6.45) is -1.25. The Bertz CT molecular complexity index is 361. The number of aromatic hydroxyl groups is 2. The predicted octanol–water partition coefficient (Wildman–Crippen LogP) is 0.694. The van der Waals surface area contributed by atoms with Crippen LogP contribution in [-0.2, 0) is 9.53 Å². The number of aliphatic hydroxyl groups is 1. The number of hydrogen-bond donors (Lipinski definition) is 3. The average molecular weight is 212 g/mol. The standard InChI is InChI=1S/C10H12O5/c1-15-10(14)5-8(12)6-2-3-7(11)9(13)4-6/h2-4,8,11-13H,5H2,1H3. The summed E-state index contributed by atoms with van der Waals surface area (Å²) in [6.45, 7) is 0. The van der Waals surface area contributed by atoms with E-state index in [0.717, 1.165) is 0 Å². The number of phenols is 2. The summed E-state index contributed by atoms with van der Waals surface area (Å²) in [4.78, 5) is 10.9. The number of phenolic OH excluding ortho intramolecular Hbond substituents is 2. The van der Waals surface area contributed by atoms with E-state index in [0.29, 0.717) is 5.56 Å². The van der Waals surface area contributed by atoms with E-state index in [9.17, 15) is 9.90 Å². The Balaban J connectivity index is 2.78. The zero-order chi connectivity index (χ0) is 11.4. The van der Waals surface area contributed by atoms with Crippen LogP contribution in [0.15, 0.2) is 18.2 Å². The molecule has 5 nitrogen and oxygen atoms in total. The minimum Gasteiger partial charge on any atom is -0.504 e. The molecule has 1 aromatic rings. The maximum atomic E-state index is 10.9. The van der Waals surface area contributed by atoms with Crippen molar-refractivity contribution in [3.63, 3.8) is 0 Å². The quantitative estimate of drug-likeness (QED) is 0.507. The summed E-state index contributed by atoms with van der Waals surface area (Å²) in [6, 6.07) is 3.86. The fraction of sp³-hybridized carbons (Fsp3) is 0.300. The summed E-state index contributed by atoms with van der Waals surface area (Å²) in [5.41, 5.74) is 0.343. The molecule has 0 saturated carbocycles. The van der Waals surface area contributed by atoms with E-state index in [2.05, 4.69) is 4.74 Å². The van der Waals surface area contributed by atoms with Gasteiger partial charge in [0.05, 0.1) is 19.6 Å². The molecule has 1 unspecified atom stereocenters. The van der Waals surface area contributed by atoms with Gasteiger partial charge >= 0.3 is 5.97 Å². The third kappa shape index (κ3) is 2.85. The fourth-order valence-corrected chi connectivity index (χ4v) is 1.11. The largest absolute Gasteiger partial charge is 0.504 e. The zero-order valence-corrected chi connectivity index (χ0v) is 8.17. The van der Waals surface area contributed by atoms with Crippen molar-refractivity contribution in [1.82, 2.24) is 0 Å². The first-order valence-electron chi connectivity index (χ1n) is 4.31. The number of hydrogen-bond acceptors (Lipinski definition) is 5. The fourth-order valence-electron chi connectivity index (χ4n) is 1.11. The molecular formula is C10H12O5. The van der Waals surface area contributed by atoms with Gasteiger partial charge in [-0.25, -0.2) is 0 Å². The van der Waals surface area contributed by atoms with Gasteiger partial charge in [0, 0.05) is 0 Å². The molecule has 0 fully saturated rings. The van der Waals surface area contributed by atoms with Crippen LogP contribution in [0.4, 0.5) is 0 Å². The Hall–Kier alpha value is -1.75. The topological polar surface area (TPSA) is 87.0 Å². The van der Waals surface area contributed by atoms with Crippen molar-refractivity contribution in [2.45, 2.75) is 12.5 Å². The van der Waals surface area contributed by atoms with Crippen LogP contribution in [0.5, 0.6) is 11.5 Å². The molecular weight excluding hydrogens is 200 g/mol. The lowest BCUT2D eigenvalue weighted by Crippen LogP contribution is -2.07. The SMILES string of the molecule is COC(=O)CC(O)c1ccc(O)c(O)c1. The van der Waals surface area contributed by atoms with Crippen LogP contribution in [0, 0.1) is 0 Å². The molecule has 0 aliphatic rings. The minimum atomic E-state index is -1.05. The molecule has 0 radical (unpaired) electrons. The maximum absolute atomic E-state index is 10.9. The number of aliphatic hydroxyl groups excluding tert-OH is 1. The molecule has 1 rings (SSSR count). The van der Waals surface area contributed by atoms with Crippen LogP contribution in [0.2, 0.25) is 0 Å². The molecule has 1 aromatic carbocycles. The van der Waals surface area contributed by atoms with E-state index in [1.165, 1.54) is 25.3 Å². The first-order valence-corrected chi connectivity index (χ1v) is 4.31. The molecule has 1 atom stereocenters. The van der Waals surface area contributed by atoms with Crippen molar-refractivity contribution in [1.29, 1.82) is 0 Å². The highest BCUT2D eigenvalue weighted by Gasteiger charge is 2.14. The predicted molar refractivity (Wildman–Crippen MR) is 51.4 cm³/mol. The molecule has 15 heavy (non-hydrogen) atoms. The number of benzene rings is 1. The molecule has 0 saturated heterocycles. The maximum Gasteiger partial charge on any atom is 0.308 e. The minimum absolute atomic E-state index is 0.194. The first kappa shape index (κ1) is 11.3. The van der Waals surface area contributed by atoms with Crippen LogP contribution >= 0.6 is 0 Å². The van der Waals surface area contributed by atoms with E-state index in [4.69, 9.17) is 10.2 Å². The van der Waals surface area contributed by atoms with E-state index in [-0.39, 0.29) is 17.9 Å². The smallest absolute Gasteiger partial charge is 0.308 e. The molecule has 0 bridgehead atoms. The van der Waals surface area contributed by atoms with Gasteiger partial charge in [0.15, 0.2) is 11.5 Å². The van der Waals surface area contributed by atoms with Crippen molar-refractivity contribution in [2.75, 3.05) is 7.11 Å². The summed E-state index contributed by atoms with van der Waals surface area (Å²) in [5.74, 6) is -1.16. The Labute approximate surface area is 86.5 Å². The van der Waals surface area contributed by atoms with Gasteiger partial charge in [-0.2, -0.15) is 0 Å². The molecule has 0 aliphatic heterocycles. The molecule has 5 heteroatoms. The van der Waals surface area contributed by atoms with Gasteiger partial charge in [0.2, 0.25) is 0 Å². The second-order valence-corrected chi connectivity index (χ2v) is 3.04. The summed E-state index contributed by atoms with van der Waals surface area (Å²) in [7, 11) is 1.23. The van der Waals surface area contributed by atoms with Gasteiger partial charge in [-0.05, 0) is 17.7 Å². The number of carbonyl (C=O) groups excluding carboxylic acids is 1. The number of rotatable bonds is 3. The molecule has 0 heterocycles. The average Bonchev–Trinajstić information content (AvgIpc) is 2.21. The van der Waals surface area contributed by atoms with E-state index in [1.807, 2.05) is 0 Å². The van der Waals surface area contributed by atoms with Crippen LogP contribution in [0.3, 0.4) is 0 Å². The van der Waals surface area contributed by atoms with Gasteiger partial charge in [-0.3, -0.25) is 4.79 Å². The summed E-state index contributed by atoms with van der Waals surface area (Å²) >= 11 is 0. The van der Waals surface area contributed by atoms with E-state index >= 15 is 0 Å². The number of esters is 1. The molecule has 0 amide bonds. The van der Waals surface area contributed by atoms with Gasteiger partial charge in [-0.1, -0.05) is 6.07 Å². The number of methoxy groups -OCH3 is 1. The first-order chi connectivity index (χ1) is 7.04. The lowest BCUT2D eigenvalue weighted by Gasteiger charge is -2.10. The molecule has 0 aliphatic carbocycles. The lowest BCUT2D eigenvalue weighted by atomic mass is 10.1. The van der Waals surface area contributed by atoms with Crippen molar-refractivity contribution < 1.29 is 24.9 Å². The lowest BCUT2D eigenvalue weighted by molar-refractivity contribution is -0.142. The molecule has 3 N–H and O–H groups in total. The van der Waals surface area contributed by atoms with Crippen LogP contribution in [0.25, 0.3) is 0 Å². The normalized spacial score (nSPS) is 12.1. The van der Waals surface area contributed by atoms with Crippen molar-refractivity contribution in [2.24, 2.45) is 0 Å². The highest BCUT2D eigenvalue weighted by atomic mass is 16.5. The number of carbonyl (C=O) groups is 1. The highest BCUT2D eigenvalue weighted by Crippen LogP contribution is 2.28. The van der Waals surface area contributed by atoms with Gasteiger partial charge in [0.1, 0.15) is 0 Å². The van der Waals surface area contributed by atoms with Crippen LogP contribution in [-0.4, -0.2) is 28.4 Å². The van der Waals surface area contributed by atoms with Crippen LogP contribution in [0.1, 0.15) is 18.1 Å². The Kier molecular flexibility index (Phi) is 3.51. The van der Waals surface area contributed by atoms with Gasteiger partial charge < -0.3 is 20.1 Å². The monoisotopic (exact) mass is 212 g/mol. The second-order valence-electron chi connectivity index (χ2n) is 3.04. The Morgan fingerprint density at radius 2 is 2.07 bits per heavy atom. The molecule has 0 aromatic heterocycles. The van der Waals surface area contributed by atoms with E-state index in [1.54, 1.807) is 0 Å². The Morgan fingerprint density at radius 1 is 1.40 bits per heavy atom. The van der Waals surface area contributed by atoms with Crippen LogP contribution < -0.4 is 0 Å². The Morgan fingerprint density at radius 3 is 2.60 bits per heavy atom. The van der Waals surface area contributed by atoms with Crippen molar-refractivity contribution in [3.8, 4) is 11.5 Å². The summed E-state index contributed by atoms with van der Waals surface area (Å²) in [5, 5.41) is 27.7. The second kappa shape index (κ2) is 4.65. The van der Waals surface area contributed by atoms with Gasteiger partial charge in [0.25, 0.3) is 0 Å². The molecule has 82 valence electrons. The molecule has 0 spiro atoms. The van der Waals surface area contributed by atoms with Crippen molar-refractivity contribution >= 4 is 5.97 Å². The third-order valence-electron chi connectivity index (χ3n) is 1.97. The van der Waals surface area contributed by atoms with Crippen molar-refractivity contribution in [3.05, 3.63) is 23.8 Å². The number of ether oxygens (including phenoxy) is 1. The highest BCUT2D eigenvalue weighted by molar-refractivity contribution is 5.70. The van der Waals surface area contributed by atoms with E-state index < -0.39 is 12.1 Å².